The highest BCUT2D eigenvalue weighted by atomic mass is 16.6. The molecule has 0 radical (unpaired) electrons. The average Bonchev–Trinajstić information content (AvgIpc) is 2.46. The van der Waals surface area contributed by atoms with Crippen LogP contribution in [0.2, 0.25) is 0 Å². The first-order valence-corrected chi connectivity index (χ1v) is 6.95. The zero-order chi connectivity index (χ0) is 15.4. The van der Waals surface area contributed by atoms with Crippen molar-refractivity contribution in [2.24, 2.45) is 0 Å². The molecule has 1 aliphatic rings. The Bertz CT molecular complexity index is 523. The summed E-state index contributed by atoms with van der Waals surface area (Å²) in [6.45, 7) is 1.58. The summed E-state index contributed by atoms with van der Waals surface area (Å²) in [5.41, 5.74) is 0.113. The summed E-state index contributed by atoms with van der Waals surface area (Å²) < 4.78 is 11.1. The van der Waals surface area contributed by atoms with E-state index in [4.69, 9.17) is 9.47 Å². The Labute approximate surface area is 123 Å². The molecule has 8 heteroatoms. The van der Waals surface area contributed by atoms with Gasteiger partial charge in [-0.15, -0.1) is 0 Å². The van der Waals surface area contributed by atoms with Crippen LogP contribution >= 0.6 is 0 Å². The van der Waals surface area contributed by atoms with Gasteiger partial charge in [-0.1, -0.05) is 0 Å². The van der Waals surface area contributed by atoms with E-state index in [1.807, 2.05) is 0 Å². The number of methoxy groups -OCH3 is 1. The SMILES string of the molecule is CNc1nc(C)c([N+](=O)[O-])c(OC2CCCC(OC)C2)n1. The first kappa shape index (κ1) is 15.4. The minimum absolute atomic E-state index is 0.0265. The molecule has 8 nitrogen and oxygen atoms in total. The monoisotopic (exact) mass is 296 g/mol. The summed E-state index contributed by atoms with van der Waals surface area (Å²) in [5, 5.41) is 14.0. The number of nitrogens with zero attached hydrogens (tertiary/aromatic N) is 3. The van der Waals surface area contributed by atoms with Gasteiger partial charge in [-0.05, 0) is 26.2 Å². The Kier molecular flexibility index (Phi) is 4.89. The molecule has 2 unspecified atom stereocenters. The molecule has 0 saturated heterocycles. The van der Waals surface area contributed by atoms with Crippen LogP contribution in [0.25, 0.3) is 0 Å². The fraction of sp³-hybridized carbons (Fsp3) is 0.692. The Morgan fingerprint density at radius 2 is 2.05 bits per heavy atom. The second-order valence-corrected chi connectivity index (χ2v) is 5.06. The van der Waals surface area contributed by atoms with E-state index in [2.05, 4.69) is 15.3 Å². The van der Waals surface area contributed by atoms with Crippen LogP contribution in [-0.4, -0.2) is 41.3 Å². The summed E-state index contributed by atoms with van der Waals surface area (Å²) in [7, 11) is 3.33. The predicted octanol–water partition coefficient (Wildman–Crippen LogP) is 2.07. The van der Waals surface area contributed by atoms with Gasteiger partial charge in [0.2, 0.25) is 5.95 Å². The number of rotatable bonds is 5. The van der Waals surface area contributed by atoms with Gasteiger partial charge in [0, 0.05) is 20.6 Å². The topological polar surface area (TPSA) is 99.4 Å². The van der Waals surface area contributed by atoms with Crippen LogP contribution in [0, 0.1) is 17.0 Å². The van der Waals surface area contributed by atoms with Gasteiger partial charge in [0.05, 0.1) is 11.0 Å². The van der Waals surface area contributed by atoms with E-state index in [1.54, 1.807) is 21.1 Å². The number of ether oxygens (including phenoxy) is 2. The van der Waals surface area contributed by atoms with Crippen molar-refractivity contribution in [3.8, 4) is 5.88 Å². The molecule has 0 aliphatic heterocycles. The summed E-state index contributed by atoms with van der Waals surface area (Å²) in [6, 6.07) is 0. The zero-order valence-corrected chi connectivity index (χ0v) is 12.5. The van der Waals surface area contributed by atoms with Gasteiger partial charge in [0.15, 0.2) is 0 Å². The van der Waals surface area contributed by atoms with Crippen LogP contribution < -0.4 is 10.1 Å². The van der Waals surface area contributed by atoms with E-state index >= 15 is 0 Å². The average molecular weight is 296 g/mol. The largest absolute Gasteiger partial charge is 0.469 e. The third-order valence-corrected chi connectivity index (χ3v) is 3.62. The molecule has 1 aromatic rings. The molecule has 0 bridgehead atoms. The molecule has 2 atom stereocenters. The van der Waals surface area contributed by atoms with Crippen LogP contribution in [0.4, 0.5) is 11.6 Å². The maximum Gasteiger partial charge on any atom is 0.352 e. The maximum absolute atomic E-state index is 11.2. The molecular weight excluding hydrogens is 276 g/mol. The van der Waals surface area contributed by atoms with Crippen molar-refractivity contribution in [1.82, 2.24) is 9.97 Å². The summed E-state index contributed by atoms with van der Waals surface area (Å²) >= 11 is 0. The number of aromatic nitrogens is 2. The van der Waals surface area contributed by atoms with Crippen LogP contribution in [0.3, 0.4) is 0 Å². The van der Waals surface area contributed by atoms with E-state index in [0.29, 0.717) is 12.4 Å². The lowest BCUT2D eigenvalue weighted by Crippen LogP contribution is -2.30. The fourth-order valence-electron chi connectivity index (χ4n) is 2.53. The predicted molar refractivity (Wildman–Crippen MR) is 76.7 cm³/mol. The Balaban J connectivity index is 2.25. The maximum atomic E-state index is 11.2. The smallest absolute Gasteiger partial charge is 0.352 e. The van der Waals surface area contributed by atoms with Gasteiger partial charge in [-0.2, -0.15) is 4.98 Å². The van der Waals surface area contributed by atoms with Gasteiger partial charge >= 0.3 is 5.69 Å². The number of nitro groups is 1. The molecule has 1 aliphatic carbocycles. The van der Waals surface area contributed by atoms with Crippen LogP contribution in [-0.2, 0) is 4.74 Å². The van der Waals surface area contributed by atoms with E-state index in [1.165, 1.54) is 0 Å². The van der Waals surface area contributed by atoms with Crippen molar-refractivity contribution in [3.05, 3.63) is 15.8 Å². The van der Waals surface area contributed by atoms with Crippen molar-refractivity contribution in [3.63, 3.8) is 0 Å². The third kappa shape index (κ3) is 3.57. The van der Waals surface area contributed by atoms with Crippen molar-refractivity contribution >= 4 is 11.6 Å². The van der Waals surface area contributed by atoms with Crippen molar-refractivity contribution in [2.75, 3.05) is 19.5 Å². The molecule has 1 saturated carbocycles. The van der Waals surface area contributed by atoms with E-state index < -0.39 is 4.92 Å². The Morgan fingerprint density at radius 3 is 2.67 bits per heavy atom. The molecule has 1 aromatic heterocycles. The lowest BCUT2D eigenvalue weighted by Gasteiger charge is -2.28. The highest BCUT2D eigenvalue weighted by Gasteiger charge is 2.29. The highest BCUT2D eigenvalue weighted by molar-refractivity contribution is 5.48. The summed E-state index contributed by atoms with van der Waals surface area (Å²) in [5.74, 6) is 0.339. The normalized spacial score (nSPS) is 21.9. The zero-order valence-electron chi connectivity index (χ0n) is 12.5. The molecule has 0 aromatic carbocycles. The Morgan fingerprint density at radius 1 is 1.33 bits per heavy atom. The van der Waals surface area contributed by atoms with Gasteiger partial charge < -0.3 is 14.8 Å². The van der Waals surface area contributed by atoms with Gasteiger partial charge in [0.25, 0.3) is 5.88 Å². The van der Waals surface area contributed by atoms with Gasteiger partial charge in [-0.25, -0.2) is 4.98 Å². The quantitative estimate of drug-likeness (QED) is 0.655. The number of anilines is 1. The molecule has 2 rings (SSSR count). The minimum Gasteiger partial charge on any atom is -0.469 e. The van der Waals surface area contributed by atoms with Crippen molar-refractivity contribution in [2.45, 2.75) is 44.8 Å². The molecule has 21 heavy (non-hydrogen) atoms. The standard InChI is InChI=1S/C13H20N4O4/c1-8-11(17(18)19)12(16-13(14-2)15-8)21-10-6-4-5-9(7-10)20-3/h9-10H,4-7H2,1-3H3,(H,14,15,16). The number of aryl methyl sites for hydroxylation is 1. The second kappa shape index (κ2) is 6.66. The highest BCUT2D eigenvalue weighted by Crippen LogP contribution is 2.32. The van der Waals surface area contributed by atoms with Crippen LogP contribution in [0.1, 0.15) is 31.4 Å². The van der Waals surface area contributed by atoms with Crippen LogP contribution in [0.15, 0.2) is 0 Å². The fourth-order valence-corrected chi connectivity index (χ4v) is 2.53. The Hall–Kier alpha value is -1.96. The van der Waals surface area contributed by atoms with E-state index in [-0.39, 0.29) is 29.5 Å². The van der Waals surface area contributed by atoms with E-state index in [0.717, 1.165) is 19.3 Å². The molecule has 116 valence electrons. The first-order chi connectivity index (χ1) is 10.0. The molecule has 1 heterocycles. The first-order valence-electron chi connectivity index (χ1n) is 6.95. The summed E-state index contributed by atoms with van der Waals surface area (Å²) in [4.78, 5) is 18.8. The van der Waals surface area contributed by atoms with Crippen molar-refractivity contribution < 1.29 is 14.4 Å². The lowest BCUT2D eigenvalue weighted by atomic mass is 9.95. The minimum atomic E-state index is -0.499. The number of hydrogen-bond acceptors (Lipinski definition) is 7. The molecule has 0 amide bonds. The third-order valence-electron chi connectivity index (χ3n) is 3.62. The number of hydrogen-bond donors (Lipinski definition) is 1. The second-order valence-electron chi connectivity index (χ2n) is 5.06. The number of nitrogens with one attached hydrogen (secondary N) is 1. The molecule has 0 spiro atoms. The lowest BCUT2D eigenvalue weighted by molar-refractivity contribution is -0.387. The van der Waals surface area contributed by atoms with Gasteiger partial charge in [0.1, 0.15) is 11.8 Å². The molecule has 1 fully saturated rings. The van der Waals surface area contributed by atoms with E-state index in [9.17, 15) is 10.1 Å². The van der Waals surface area contributed by atoms with Crippen molar-refractivity contribution in [1.29, 1.82) is 0 Å². The summed E-state index contributed by atoms with van der Waals surface area (Å²) in [6.07, 6.45) is 3.53. The van der Waals surface area contributed by atoms with Gasteiger partial charge in [-0.3, -0.25) is 10.1 Å². The molecular formula is C13H20N4O4. The molecule has 1 N–H and O–H groups in total. The van der Waals surface area contributed by atoms with Crippen LogP contribution in [0.5, 0.6) is 5.88 Å².